The Hall–Kier alpha value is -2.11. The summed E-state index contributed by atoms with van der Waals surface area (Å²) in [7, 11) is 0. The monoisotopic (exact) mass is 288 g/mol. The van der Waals surface area contributed by atoms with Crippen molar-refractivity contribution in [1.29, 1.82) is 0 Å². The maximum absolute atomic E-state index is 11.9. The van der Waals surface area contributed by atoms with Crippen LogP contribution in [0.5, 0.6) is 0 Å². The van der Waals surface area contributed by atoms with Gasteiger partial charge in [0.25, 0.3) is 0 Å². The van der Waals surface area contributed by atoms with Gasteiger partial charge in [-0.2, -0.15) is 0 Å². The van der Waals surface area contributed by atoms with E-state index in [-0.39, 0.29) is 17.9 Å². The molecule has 1 atom stereocenters. The Morgan fingerprint density at radius 3 is 2.81 bits per heavy atom. The Balaban J connectivity index is 1.51. The first-order chi connectivity index (χ1) is 10.2. The van der Waals surface area contributed by atoms with Gasteiger partial charge in [-0.3, -0.25) is 9.59 Å². The highest BCUT2D eigenvalue weighted by Gasteiger charge is 2.26. The van der Waals surface area contributed by atoms with Gasteiger partial charge in [0.2, 0.25) is 11.8 Å². The lowest BCUT2D eigenvalue weighted by Crippen LogP contribution is -2.41. The molecule has 2 N–H and O–H groups in total. The molecule has 1 aromatic rings. The summed E-state index contributed by atoms with van der Waals surface area (Å²) in [5.74, 6) is 0.835. The molecule has 1 aromatic heterocycles. The fourth-order valence-corrected chi connectivity index (χ4v) is 2.78. The van der Waals surface area contributed by atoms with E-state index in [4.69, 9.17) is 0 Å². The Morgan fingerprint density at radius 1 is 1.38 bits per heavy atom. The highest BCUT2D eigenvalue weighted by atomic mass is 16.2. The van der Waals surface area contributed by atoms with Crippen LogP contribution < -0.4 is 15.5 Å². The van der Waals surface area contributed by atoms with Crippen molar-refractivity contribution < 1.29 is 9.59 Å². The van der Waals surface area contributed by atoms with Crippen molar-refractivity contribution in [2.24, 2.45) is 0 Å². The molecule has 6 heteroatoms. The molecule has 0 aromatic carbocycles. The van der Waals surface area contributed by atoms with E-state index in [1.54, 1.807) is 6.20 Å². The van der Waals surface area contributed by atoms with E-state index in [9.17, 15) is 9.59 Å². The highest BCUT2D eigenvalue weighted by molar-refractivity contribution is 5.90. The van der Waals surface area contributed by atoms with E-state index in [2.05, 4.69) is 20.5 Å². The van der Waals surface area contributed by atoms with Gasteiger partial charge in [-0.1, -0.05) is 6.07 Å². The van der Waals surface area contributed by atoms with Gasteiger partial charge in [-0.15, -0.1) is 0 Å². The number of nitrogens with one attached hydrogen (secondary N) is 2. The van der Waals surface area contributed by atoms with Crippen LogP contribution in [0.15, 0.2) is 18.3 Å². The number of hydrogen-bond donors (Lipinski definition) is 2. The molecule has 2 fully saturated rings. The van der Waals surface area contributed by atoms with Crippen LogP contribution in [0, 0.1) is 0 Å². The number of pyridine rings is 1. The smallest absolute Gasteiger partial charge is 0.242 e. The van der Waals surface area contributed by atoms with Crippen molar-refractivity contribution in [2.75, 3.05) is 18.0 Å². The van der Waals surface area contributed by atoms with Crippen LogP contribution in [0.25, 0.3) is 0 Å². The van der Waals surface area contributed by atoms with Crippen LogP contribution >= 0.6 is 0 Å². The molecule has 0 bridgehead atoms. The molecule has 0 unspecified atom stereocenters. The second-order valence-electron chi connectivity index (χ2n) is 5.60. The molecule has 21 heavy (non-hydrogen) atoms. The highest BCUT2D eigenvalue weighted by Crippen LogP contribution is 2.17. The molecule has 2 aliphatic heterocycles. The summed E-state index contributed by atoms with van der Waals surface area (Å²) in [4.78, 5) is 29.7. The standard InChI is InChI=1S/C15H20N4O2/c20-14-6-4-12(18-14)15(21)17-10-11-3-5-13(16-9-11)19-7-1-2-8-19/h3,5,9,12H,1-2,4,6-8,10H2,(H,17,21)(H,18,20)/t12-/m0/s1. The lowest BCUT2D eigenvalue weighted by molar-refractivity contribution is -0.125. The van der Waals surface area contributed by atoms with Crippen LogP contribution in [0.1, 0.15) is 31.2 Å². The largest absolute Gasteiger partial charge is 0.357 e. The van der Waals surface area contributed by atoms with E-state index in [1.165, 1.54) is 12.8 Å². The maximum atomic E-state index is 11.9. The summed E-state index contributed by atoms with van der Waals surface area (Å²) in [6.07, 6.45) is 5.28. The third-order valence-electron chi connectivity index (χ3n) is 4.02. The second kappa shape index (κ2) is 6.11. The van der Waals surface area contributed by atoms with Crippen molar-refractivity contribution in [2.45, 2.75) is 38.3 Å². The van der Waals surface area contributed by atoms with Crippen LogP contribution in [0.4, 0.5) is 5.82 Å². The van der Waals surface area contributed by atoms with Crippen LogP contribution in [-0.2, 0) is 16.1 Å². The molecule has 2 amide bonds. The minimum atomic E-state index is -0.380. The molecular weight excluding hydrogens is 268 g/mol. The number of hydrogen-bond acceptors (Lipinski definition) is 4. The summed E-state index contributed by atoms with van der Waals surface area (Å²) in [5, 5.41) is 5.51. The Morgan fingerprint density at radius 2 is 2.19 bits per heavy atom. The lowest BCUT2D eigenvalue weighted by Gasteiger charge is -2.16. The first-order valence-corrected chi connectivity index (χ1v) is 7.49. The molecule has 0 saturated carbocycles. The molecule has 0 radical (unpaired) electrons. The number of nitrogens with zero attached hydrogens (tertiary/aromatic N) is 2. The predicted molar refractivity (Wildman–Crippen MR) is 78.7 cm³/mol. The van der Waals surface area contributed by atoms with Crippen molar-refractivity contribution in [3.63, 3.8) is 0 Å². The Bertz CT molecular complexity index is 523. The summed E-state index contributed by atoms with van der Waals surface area (Å²) < 4.78 is 0. The van der Waals surface area contributed by atoms with E-state index >= 15 is 0 Å². The van der Waals surface area contributed by atoms with Crippen LogP contribution in [0.3, 0.4) is 0 Å². The number of rotatable bonds is 4. The molecule has 3 heterocycles. The van der Waals surface area contributed by atoms with Gasteiger partial charge < -0.3 is 15.5 Å². The molecule has 0 spiro atoms. The molecule has 112 valence electrons. The molecular formula is C15H20N4O2. The summed E-state index contributed by atoms with van der Waals surface area (Å²) in [6, 6.07) is 3.62. The zero-order valence-corrected chi connectivity index (χ0v) is 12.0. The van der Waals surface area contributed by atoms with Crippen LogP contribution in [0.2, 0.25) is 0 Å². The summed E-state index contributed by atoms with van der Waals surface area (Å²) in [5.41, 5.74) is 0.968. The van der Waals surface area contributed by atoms with Crippen molar-refractivity contribution >= 4 is 17.6 Å². The average molecular weight is 288 g/mol. The van der Waals surface area contributed by atoms with E-state index < -0.39 is 0 Å². The molecule has 6 nitrogen and oxygen atoms in total. The molecule has 0 aliphatic carbocycles. The fraction of sp³-hybridized carbons (Fsp3) is 0.533. The van der Waals surface area contributed by atoms with Gasteiger partial charge >= 0.3 is 0 Å². The SMILES string of the molecule is O=C1CC[C@@H](C(=O)NCc2ccc(N3CCCC3)nc2)N1. The molecule has 3 rings (SSSR count). The topological polar surface area (TPSA) is 74.3 Å². The van der Waals surface area contributed by atoms with Gasteiger partial charge in [0.05, 0.1) is 0 Å². The summed E-state index contributed by atoms with van der Waals surface area (Å²) in [6.45, 7) is 2.59. The summed E-state index contributed by atoms with van der Waals surface area (Å²) >= 11 is 0. The van der Waals surface area contributed by atoms with Gasteiger partial charge in [0, 0.05) is 32.3 Å². The predicted octanol–water partition coefficient (Wildman–Crippen LogP) is 0.577. The first-order valence-electron chi connectivity index (χ1n) is 7.49. The minimum absolute atomic E-state index is 0.0493. The van der Waals surface area contributed by atoms with Gasteiger partial charge in [-0.25, -0.2) is 4.98 Å². The number of carbonyl (C=O) groups excluding carboxylic acids is 2. The molecule has 2 saturated heterocycles. The zero-order chi connectivity index (χ0) is 14.7. The van der Waals surface area contributed by atoms with E-state index in [1.807, 2.05) is 12.1 Å². The quantitative estimate of drug-likeness (QED) is 0.850. The Kier molecular flexibility index (Phi) is 4.03. The van der Waals surface area contributed by atoms with Gasteiger partial charge in [0.1, 0.15) is 11.9 Å². The van der Waals surface area contributed by atoms with Crippen molar-refractivity contribution in [1.82, 2.24) is 15.6 Å². The Labute approximate surface area is 123 Å². The number of carbonyl (C=O) groups is 2. The van der Waals surface area contributed by atoms with Gasteiger partial charge in [0.15, 0.2) is 0 Å². The number of aromatic nitrogens is 1. The third-order valence-corrected chi connectivity index (χ3v) is 4.02. The average Bonchev–Trinajstić information content (AvgIpc) is 3.16. The lowest BCUT2D eigenvalue weighted by atomic mass is 10.2. The third kappa shape index (κ3) is 3.32. The van der Waals surface area contributed by atoms with Crippen LogP contribution in [-0.4, -0.2) is 35.9 Å². The number of anilines is 1. The first kappa shape index (κ1) is 13.9. The van der Waals surface area contributed by atoms with E-state index in [0.29, 0.717) is 19.4 Å². The van der Waals surface area contributed by atoms with E-state index in [0.717, 1.165) is 24.5 Å². The van der Waals surface area contributed by atoms with Gasteiger partial charge in [-0.05, 0) is 30.9 Å². The fourth-order valence-electron chi connectivity index (χ4n) is 2.78. The normalized spacial score (nSPS) is 21.4. The van der Waals surface area contributed by atoms with Crippen molar-refractivity contribution in [3.05, 3.63) is 23.9 Å². The molecule has 2 aliphatic rings. The minimum Gasteiger partial charge on any atom is -0.357 e. The second-order valence-corrected chi connectivity index (χ2v) is 5.60. The zero-order valence-electron chi connectivity index (χ0n) is 12.0. The number of amides is 2. The maximum Gasteiger partial charge on any atom is 0.242 e. The van der Waals surface area contributed by atoms with Crippen molar-refractivity contribution in [3.8, 4) is 0 Å².